The highest BCUT2D eigenvalue weighted by Crippen LogP contribution is 2.36. The van der Waals surface area contributed by atoms with E-state index in [0.717, 1.165) is 0 Å². The van der Waals surface area contributed by atoms with Crippen molar-refractivity contribution >= 4 is 23.2 Å². The molecule has 3 rings (SSSR count). The largest absolute Gasteiger partial charge is 0.497 e. The minimum Gasteiger partial charge on any atom is -0.497 e. The maximum Gasteiger partial charge on any atom is 0.262 e. The molecule has 0 atom stereocenters. The van der Waals surface area contributed by atoms with Crippen LogP contribution in [0.25, 0.3) is 0 Å². The van der Waals surface area contributed by atoms with Crippen LogP contribution in [0.2, 0.25) is 0 Å². The zero-order chi connectivity index (χ0) is 22.9. The number of benzene rings is 3. The van der Waals surface area contributed by atoms with Crippen LogP contribution < -0.4 is 29.6 Å². The van der Waals surface area contributed by atoms with Gasteiger partial charge in [-0.25, -0.2) is 0 Å². The lowest BCUT2D eigenvalue weighted by atomic mass is 10.2. The first kappa shape index (κ1) is 22.5. The third kappa shape index (κ3) is 5.69. The highest BCUT2D eigenvalue weighted by Gasteiger charge is 2.16. The lowest BCUT2D eigenvalue weighted by Crippen LogP contribution is -2.21. The number of carbonyl (C=O) groups is 2. The van der Waals surface area contributed by atoms with Gasteiger partial charge in [0.2, 0.25) is 0 Å². The van der Waals surface area contributed by atoms with Crippen LogP contribution in [-0.4, -0.2) is 39.8 Å². The summed E-state index contributed by atoms with van der Waals surface area (Å²) in [6.07, 6.45) is 0. The van der Waals surface area contributed by atoms with Crippen molar-refractivity contribution in [2.75, 3.05) is 38.6 Å². The molecule has 32 heavy (non-hydrogen) atoms. The van der Waals surface area contributed by atoms with Crippen molar-refractivity contribution in [3.63, 3.8) is 0 Å². The second-order valence-corrected chi connectivity index (χ2v) is 6.59. The number of methoxy groups -OCH3 is 3. The lowest BCUT2D eigenvalue weighted by Gasteiger charge is -2.16. The molecule has 0 spiro atoms. The molecule has 0 fully saturated rings. The smallest absolute Gasteiger partial charge is 0.262 e. The standard InChI is InChI=1S/C24H24N2O6/c1-29-17-9-11-18(12-10-17)32-15-23(27)25-19-13-22(31-3)20(14-21(19)30-2)26-24(28)16-7-5-4-6-8-16/h4-14H,15H2,1-3H3,(H,25,27)(H,26,28). The number of amides is 2. The Morgan fingerprint density at radius 3 is 1.84 bits per heavy atom. The van der Waals surface area contributed by atoms with Crippen LogP contribution in [0.4, 0.5) is 11.4 Å². The van der Waals surface area contributed by atoms with E-state index in [4.69, 9.17) is 18.9 Å². The number of ether oxygens (including phenoxy) is 4. The van der Waals surface area contributed by atoms with Gasteiger partial charge in [-0.2, -0.15) is 0 Å². The molecule has 0 heterocycles. The highest BCUT2D eigenvalue weighted by atomic mass is 16.5. The van der Waals surface area contributed by atoms with E-state index >= 15 is 0 Å². The lowest BCUT2D eigenvalue weighted by molar-refractivity contribution is -0.118. The summed E-state index contributed by atoms with van der Waals surface area (Å²) in [6.45, 7) is -0.204. The number of hydrogen-bond donors (Lipinski definition) is 2. The average molecular weight is 436 g/mol. The predicted octanol–water partition coefficient (Wildman–Crippen LogP) is 3.98. The molecule has 0 radical (unpaired) electrons. The van der Waals surface area contributed by atoms with Crippen LogP contribution >= 0.6 is 0 Å². The Bertz CT molecular complexity index is 1070. The first-order valence-electron chi connectivity index (χ1n) is 9.73. The third-order valence-corrected chi connectivity index (χ3v) is 4.51. The van der Waals surface area contributed by atoms with Crippen molar-refractivity contribution in [1.29, 1.82) is 0 Å². The zero-order valence-electron chi connectivity index (χ0n) is 18.0. The van der Waals surface area contributed by atoms with E-state index in [0.29, 0.717) is 39.9 Å². The summed E-state index contributed by atoms with van der Waals surface area (Å²) in [7, 11) is 4.51. The van der Waals surface area contributed by atoms with Gasteiger partial charge in [0, 0.05) is 17.7 Å². The Hall–Kier alpha value is -4.20. The van der Waals surface area contributed by atoms with Gasteiger partial charge in [0.1, 0.15) is 23.0 Å². The number of rotatable bonds is 9. The molecule has 2 amide bonds. The van der Waals surface area contributed by atoms with E-state index < -0.39 is 0 Å². The van der Waals surface area contributed by atoms with E-state index in [-0.39, 0.29) is 18.4 Å². The van der Waals surface area contributed by atoms with Gasteiger partial charge >= 0.3 is 0 Å². The van der Waals surface area contributed by atoms with Gasteiger partial charge in [-0.15, -0.1) is 0 Å². The molecule has 0 aromatic heterocycles. The van der Waals surface area contributed by atoms with Crippen molar-refractivity contribution in [3.05, 3.63) is 72.3 Å². The van der Waals surface area contributed by atoms with Crippen molar-refractivity contribution < 1.29 is 28.5 Å². The van der Waals surface area contributed by atoms with Crippen molar-refractivity contribution in [3.8, 4) is 23.0 Å². The highest BCUT2D eigenvalue weighted by molar-refractivity contribution is 6.05. The molecule has 8 nitrogen and oxygen atoms in total. The molecular weight excluding hydrogens is 412 g/mol. The first-order chi connectivity index (χ1) is 15.5. The van der Waals surface area contributed by atoms with Gasteiger partial charge in [0.25, 0.3) is 11.8 Å². The van der Waals surface area contributed by atoms with Gasteiger partial charge in [-0.05, 0) is 36.4 Å². The molecule has 0 aliphatic carbocycles. The summed E-state index contributed by atoms with van der Waals surface area (Å²) in [4.78, 5) is 24.9. The molecule has 0 bridgehead atoms. The number of carbonyl (C=O) groups excluding carboxylic acids is 2. The van der Waals surface area contributed by atoms with Gasteiger partial charge in [-0.1, -0.05) is 18.2 Å². The molecule has 0 saturated carbocycles. The van der Waals surface area contributed by atoms with E-state index in [1.54, 1.807) is 67.8 Å². The van der Waals surface area contributed by atoms with Gasteiger partial charge in [0.15, 0.2) is 6.61 Å². The topological polar surface area (TPSA) is 95.1 Å². The average Bonchev–Trinajstić information content (AvgIpc) is 2.84. The molecule has 0 unspecified atom stereocenters. The summed E-state index contributed by atoms with van der Waals surface area (Å²) in [5, 5.41) is 5.53. The Balaban J connectivity index is 1.70. The van der Waals surface area contributed by atoms with E-state index in [9.17, 15) is 9.59 Å². The number of hydrogen-bond acceptors (Lipinski definition) is 6. The first-order valence-corrected chi connectivity index (χ1v) is 9.73. The molecule has 166 valence electrons. The maximum atomic E-state index is 12.5. The summed E-state index contributed by atoms with van der Waals surface area (Å²) in [6, 6.07) is 18.8. The SMILES string of the molecule is COc1ccc(OCC(=O)Nc2cc(OC)c(NC(=O)c3ccccc3)cc2OC)cc1. The normalized spacial score (nSPS) is 10.1. The number of nitrogens with one attached hydrogen (secondary N) is 2. The summed E-state index contributed by atoms with van der Waals surface area (Å²) < 4.78 is 21.4. The fourth-order valence-corrected chi connectivity index (χ4v) is 2.88. The van der Waals surface area contributed by atoms with Crippen LogP contribution in [0.3, 0.4) is 0 Å². The third-order valence-electron chi connectivity index (χ3n) is 4.51. The molecule has 0 aliphatic heterocycles. The molecule has 3 aromatic carbocycles. The van der Waals surface area contributed by atoms with Crippen LogP contribution in [-0.2, 0) is 4.79 Å². The molecule has 2 N–H and O–H groups in total. The minimum atomic E-state index is -0.387. The van der Waals surface area contributed by atoms with Gasteiger partial charge < -0.3 is 29.6 Å². The summed E-state index contributed by atoms with van der Waals surface area (Å²) >= 11 is 0. The summed E-state index contributed by atoms with van der Waals surface area (Å²) in [5.41, 5.74) is 1.29. The molecule has 3 aromatic rings. The number of anilines is 2. The Kier molecular flexibility index (Phi) is 7.53. The van der Waals surface area contributed by atoms with Crippen LogP contribution in [0.15, 0.2) is 66.7 Å². The second kappa shape index (κ2) is 10.7. The van der Waals surface area contributed by atoms with E-state index in [1.165, 1.54) is 14.2 Å². The molecular formula is C24H24N2O6. The zero-order valence-corrected chi connectivity index (χ0v) is 18.0. The Morgan fingerprint density at radius 1 is 0.719 bits per heavy atom. The van der Waals surface area contributed by atoms with Gasteiger partial charge in [0.05, 0.1) is 32.7 Å². The van der Waals surface area contributed by atoms with Crippen molar-refractivity contribution in [2.24, 2.45) is 0 Å². The van der Waals surface area contributed by atoms with Crippen LogP contribution in [0, 0.1) is 0 Å². The van der Waals surface area contributed by atoms with Crippen molar-refractivity contribution in [2.45, 2.75) is 0 Å². The van der Waals surface area contributed by atoms with Crippen molar-refractivity contribution in [1.82, 2.24) is 0 Å². The second-order valence-electron chi connectivity index (χ2n) is 6.59. The minimum absolute atomic E-state index is 0.204. The molecule has 0 saturated heterocycles. The fourth-order valence-electron chi connectivity index (χ4n) is 2.88. The van der Waals surface area contributed by atoms with Crippen LogP contribution in [0.1, 0.15) is 10.4 Å². The Morgan fingerprint density at radius 2 is 1.28 bits per heavy atom. The summed E-state index contributed by atoms with van der Waals surface area (Å²) in [5.74, 6) is 1.26. The monoisotopic (exact) mass is 436 g/mol. The fraction of sp³-hybridized carbons (Fsp3) is 0.167. The van der Waals surface area contributed by atoms with Crippen LogP contribution in [0.5, 0.6) is 23.0 Å². The van der Waals surface area contributed by atoms with E-state index in [2.05, 4.69) is 10.6 Å². The quantitative estimate of drug-likeness (QED) is 0.527. The predicted molar refractivity (Wildman–Crippen MR) is 121 cm³/mol. The molecule has 8 heteroatoms. The Labute approximate surface area is 186 Å². The maximum absolute atomic E-state index is 12.5. The van der Waals surface area contributed by atoms with Gasteiger partial charge in [-0.3, -0.25) is 9.59 Å². The molecule has 0 aliphatic rings. The van der Waals surface area contributed by atoms with E-state index in [1.807, 2.05) is 6.07 Å².